The van der Waals surface area contributed by atoms with Crippen LogP contribution in [0.4, 0.5) is 0 Å². The third kappa shape index (κ3) is 4.54. The second kappa shape index (κ2) is 7.37. The molecule has 0 fully saturated rings. The Bertz CT molecular complexity index is 554. The van der Waals surface area contributed by atoms with E-state index >= 15 is 0 Å². The number of carbonyl (C=O) groups is 1. The van der Waals surface area contributed by atoms with E-state index in [1.807, 2.05) is 50.5 Å². The number of rotatable bonds is 6. The molecular weight excluding hydrogens is 270 g/mol. The van der Waals surface area contributed by atoms with E-state index in [9.17, 15) is 4.79 Å². The maximum absolute atomic E-state index is 12.5. The number of hydrogen-bond acceptors (Lipinski definition) is 2. The lowest BCUT2D eigenvalue weighted by molar-refractivity contribution is 0.103. The zero-order chi connectivity index (χ0) is 16.1. The van der Waals surface area contributed by atoms with Crippen LogP contribution in [0.15, 0.2) is 48.5 Å². The molecular formula is C20H25NO. The Labute approximate surface area is 133 Å². The SMILES string of the molecule is CC(C)Cc1ccc(C(=O)c2ccc(CN(C)C)cc2)cc1. The van der Waals surface area contributed by atoms with Crippen molar-refractivity contribution in [1.29, 1.82) is 0 Å². The average molecular weight is 295 g/mol. The van der Waals surface area contributed by atoms with Gasteiger partial charge in [0.1, 0.15) is 0 Å². The molecule has 2 aromatic rings. The summed E-state index contributed by atoms with van der Waals surface area (Å²) in [6.45, 7) is 5.29. The van der Waals surface area contributed by atoms with Crippen molar-refractivity contribution in [2.75, 3.05) is 14.1 Å². The summed E-state index contributed by atoms with van der Waals surface area (Å²) < 4.78 is 0. The maximum atomic E-state index is 12.5. The zero-order valence-electron chi connectivity index (χ0n) is 14.0. The van der Waals surface area contributed by atoms with Crippen molar-refractivity contribution in [2.45, 2.75) is 26.8 Å². The lowest BCUT2D eigenvalue weighted by atomic mass is 9.98. The van der Waals surface area contributed by atoms with Crippen LogP contribution in [0.3, 0.4) is 0 Å². The van der Waals surface area contributed by atoms with Gasteiger partial charge in [0.2, 0.25) is 0 Å². The molecule has 2 nitrogen and oxygen atoms in total. The molecule has 0 N–H and O–H groups in total. The summed E-state index contributed by atoms with van der Waals surface area (Å²) in [6, 6.07) is 15.9. The second-order valence-corrected chi connectivity index (χ2v) is 6.56. The molecule has 0 bridgehead atoms. The lowest BCUT2D eigenvalue weighted by Gasteiger charge is -2.10. The van der Waals surface area contributed by atoms with E-state index in [1.165, 1.54) is 11.1 Å². The topological polar surface area (TPSA) is 20.3 Å². The van der Waals surface area contributed by atoms with Gasteiger partial charge in [-0.05, 0) is 37.6 Å². The van der Waals surface area contributed by atoms with Gasteiger partial charge in [0.05, 0.1) is 0 Å². The molecule has 2 aromatic carbocycles. The van der Waals surface area contributed by atoms with Gasteiger partial charge in [-0.3, -0.25) is 4.79 Å². The van der Waals surface area contributed by atoms with Crippen LogP contribution in [-0.4, -0.2) is 24.8 Å². The van der Waals surface area contributed by atoms with E-state index in [-0.39, 0.29) is 5.78 Å². The number of benzene rings is 2. The van der Waals surface area contributed by atoms with Gasteiger partial charge in [0.15, 0.2) is 5.78 Å². The number of carbonyl (C=O) groups excluding carboxylic acids is 1. The van der Waals surface area contributed by atoms with Crippen molar-refractivity contribution in [3.05, 3.63) is 70.8 Å². The van der Waals surface area contributed by atoms with Crippen LogP contribution in [-0.2, 0) is 13.0 Å². The monoisotopic (exact) mass is 295 g/mol. The smallest absolute Gasteiger partial charge is 0.193 e. The molecule has 0 saturated heterocycles. The van der Waals surface area contributed by atoms with Crippen molar-refractivity contribution in [1.82, 2.24) is 4.90 Å². The van der Waals surface area contributed by atoms with Crippen molar-refractivity contribution >= 4 is 5.78 Å². The van der Waals surface area contributed by atoms with Crippen LogP contribution in [0, 0.1) is 5.92 Å². The molecule has 0 spiro atoms. The first-order valence-electron chi connectivity index (χ1n) is 7.83. The van der Waals surface area contributed by atoms with Gasteiger partial charge in [-0.2, -0.15) is 0 Å². The highest BCUT2D eigenvalue weighted by molar-refractivity contribution is 6.08. The fourth-order valence-electron chi connectivity index (χ4n) is 2.56. The van der Waals surface area contributed by atoms with E-state index < -0.39 is 0 Å². The van der Waals surface area contributed by atoms with Gasteiger partial charge >= 0.3 is 0 Å². The highest BCUT2D eigenvalue weighted by atomic mass is 16.1. The molecule has 0 aliphatic heterocycles. The first-order valence-corrected chi connectivity index (χ1v) is 7.83. The van der Waals surface area contributed by atoms with Crippen LogP contribution >= 0.6 is 0 Å². The molecule has 116 valence electrons. The van der Waals surface area contributed by atoms with Crippen LogP contribution < -0.4 is 0 Å². The standard InChI is InChI=1S/C20H25NO/c1-15(2)13-16-5-9-18(10-6-16)20(22)19-11-7-17(8-12-19)14-21(3)4/h5-12,15H,13-14H2,1-4H3. The quantitative estimate of drug-likeness (QED) is 0.745. The molecule has 0 atom stereocenters. The van der Waals surface area contributed by atoms with Crippen LogP contribution in [0.2, 0.25) is 0 Å². The lowest BCUT2D eigenvalue weighted by Crippen LogP contribution is -2.10. The minimum atomic E-state index is 0.0903. The van der Waals surface area contributed by atoms with Crippen molar-refractivity contribution < 1.29 is 4.79 Å². The van der Waals surface area contributed by atoms with Crippen molar-refractivity contribution in [3.8, 4) is 0 Å². The fourth-order valence-corrected chi connectivity index (χ4v) is 2.56. The number of nitrogens with zero attached hydrogens (tertiary/aromatic N) is 1. The Morgan fingerprint density at radius 3 is 1.73 bits per heavy atom. The van der Waals surface area contributed by atoms with Gasteiger partial charge in [-0.1, -0.05) is 62.4 Å². The predicted molar refractivity (Wildman–Crippen MR) is 92.2 cm³/mol. The van der Waals surface area contributed by atoms with Gasteiger partial charge in [0.25, 0.3) is 0 Å². The fraction of sp³-hybridized carbons (Fsp3) is 0.350. The van der Waals surface area contributed by atoms with Gasteiger partial charge in [-0.25, -0.2) is 0 Å². The van der Waals surface area contributed by atoms with Crippen LogP contribution in [0.25, 0.3) is 0 Å². The summed E-state index contributed by atoms with van der Waals surface area (Å²) in [6.07, 6.45) is 1.05. The predicted octanol–water partition coefficient (Wildman–Crippen LogP) is 4.18. The molecule has 0 unspecified atom stereocenters. The average Bonchev–Trinajstić information content (AvgIpc) is 2.47. The van der Waals surface area contributed by atoms with E-state index in [4.69, 9.17) is 0 Å². The zero-order valence-corrected chi connectivity index (χ0v) is 14.0. The van der Waals surface area contributed by atoms with Gasteiger partial charge in [0, 0.05) is 17.7 Å². The maximum Gasteiger partial charge on any atom is 0.193 e. The third-order valence-electron chi connectivity index (χ3n) is 3.58. The van der Waals surface area contributed by atoms with Crippen molar-refractivity contribution in [3.63, 3.8) is 0 Å². The summed E-state index contributed by atoms with van der Waals surface area (Å²) in [5, 5.41) is 0. The summed E-state index contributed by atoms with van der Waals surface area (Å²) in [7, 11) is 4.08. The Morgan fingerprint density at radius 1 is 0.864 bits per heavy atom. The molecule has 2 rings (SSSR count). The summed E-state index contributed by atoms with van der Waals surface area (Å²) in [5.41, 5.74) is 4.01. The Balaban J connectivity index is 2.10. The summed E-state index contributed by atoms with van der Waals surface area (Å²) >= 11 is 0. The van der Waals surface area contributed by atoms with Crippen LogP contribution in [0.5, 0.6) is 0 Å². The Hall–Kier alpha value is -1.93. The second-order valence-electron chi connectivity index (χ2n) is 6.56. The highest BCUT2D eigenvalue weighted by Gasteiger charge is 2.09. The molecule has 0 amide bonds. The molecule has 0 heterocycles. The molecule has 0 aromatic heterocycles. The molecule has 22 heavy (non-hydrogen) atoms. The normalized spacial score (nSPS) is 11.2. The Kier molecular flexibility index (Phi) is 5.51. The van der Waals surface area contributed by atoms with Crippen LogP contribution in [0.1, 0.15) is 40.9 Å². The largest absolute Gasteiger partial charge is 0.305 e. The van der Waals surface area contributed by atoms with E-state index in [2.05, 4.69) is 30.9 Å². The highest BCUT2D eigenvalue weighted by Crippen LogP contribution is 2.14. The first kappa shape index (κ1) is 16.4. The first-order chi connectivity index (χ1) is 10.5. The number of ketones is 1. The minimum absolute atomic E-state index is 0.0903. The Morgan fingerprint density at radius 2 is 1.32 bits per heavy atom. The van der Waals surface area contributed by atoms with E-state index in [1.54, 1.807) is 0 Å². The van der Waals surface area contributed by atoms with Gasteiger partial charge < -0.3 is 4.90 Å². The summed E-state index contributed by atoms with van der Waals surface area (Å²) in [5.74, 6) is 0.721. The molecule has 0 aliphatic carbocycles. The number of hydrogen-bond donors (Lipinski definition) is 0. The molecule has 0 aliphatic rings. The molecule has 0 saturated carbocycles. The van der Waals surface area contributed by atoms with Gasteiger partial charge in [-0.15, -0.1) is 0 Å². The van der Waals surface area contributed by atoms with Crippen molar-refractivity contribution in [2.24, 2.45) is 5.92 Å². The van der Waals surface area contributed by atoms with E-state index in [0.717, 1.165) is 24.1 Å². The van der Waals surface area contributed by atoms with E-state index in [0.29, 0.717) is 5.92 Å². The summed E-state index contributed by atoms with van der Waals surface area (Å²) in [4.78, 5) is 14.6. The minimum Gasteiger partial charge on any atom is -0.305 e. The molecule has 0 radical (unpaired) electrons. The third-order valence-corrected chi connectivity index (χ3v) is 3.58. The molecule has 2 heteroatoms.